The minimum Gasteiger partial charge on any atom is -0.497 e. The van der Waals surface area contributed by atoms with Crippen molar-refractivity contribution in [1.29, 1.82) is 0 Å². The maximum atomic E-state index is 5.18. The second-order valence-electron chi connectivity index (χ2n) is 6.33. The Kier molecular flexibility index (Phi) is 4.35. The minimum atomic E-state index is 0.264. The maximum absolute atomic E-state index is 5.18. The van der Waals surface area contributed by atoms with Gasteiger partial charge in [-0.25, -0.2) is 0 Å². The summed E-state index contributed by atoms with van der Waals surface area (Å²) in [6.45, 7) is 9.22. The van der Waals surface area contributed by atoms with Crippen LogP contribution in [-0.2, 0) is 0 Å². The lowest BCUT2D eigenvalue weighted by atomic mass is 9.98. The minimum absolute atomic E-state index is 0.264. The van der Waals surface area contributed by atoms with Crippen LogP contribution < -0.4 is 10.1 Å². The van der Waals surface area contributed by atoms with Gasteiger partial charge in [0.15, 0.2) is 0 Å². The highest BCUT2D eigenvalue weighted by Gasteiger charge is 2.27. The molecule has 0 radical (unpaired) electrons. The van der Waals surface area contributed by atoms with Crippen molar-refractivity contribution in [2.45, 2.75) is 45.2 Å². The summed E-state index contributed by atoms with van der Waals surface area (Å²) in [5.74, 6) is 0.908. The van der Waals surface area contributed by atoms with Gasteiger partial charge in [0.1, 0.15) is 5.75 Å². The van der Waals surface area contributed by atoms with Crippen molar-refractivity contribution in [3.05, 3.63) is 24.3 Å². The number of ether oxygens (including phenoxy) is 1. The van der Waals surface area contributed by atoms with E-state index in [9.17, 15) is 0 Å². The zero-order valence-corrected chi connectivity index (χ0v) is 12.6. The third kappa shape index (κ3) is 3.87. The number of likely N-dealkylation sites (tertiary alicyclic amines) is 1. The highest BCUT2D eigenvalue weighted by atomic mass is 16.5. The molecule has 19 heavy (non-hydrogen) atoms. The highest BCUT2D eigenvalue weighted by Crippen LogP contribution is 2.23. The molecule has 2 rings (SSSR count). The summed E-state index contributed by atoms with van der Waals surface area (Å²) in [4.78, 5) is 2.57. The van der Waals surface area contributed by atoms with Gasteiger partial charge in [0.05, 0.1) is 7.11 Å². The topological polar surface area (TPSA) is 24.5 Å². The van der Waals surface area contributed by atoms with Crippen LogP contribution in [0.25, 0.3) is 0 Å². The molecule has 3 heteroatoms. The van der Waals surface area contributed by atoms with Crippen molar-refractivity contribution in [2.24, 2.45) is 0 Å². The smallest absolute Gasteiger partial charge is 0.119 e. The fourth-order valence-corrected chi connectivity index (χ4v) is 2.63. The lowest BCUT2D eigenvalue weighted by molar-refractivity contribution is 0.104. The van der Waals surface area contributed by atoms with Crippen molar-refractivity contribution < 1.29 is 4.74 Å². The molecule has 1 N–H and O–H groups in total. The fourth-order valence-electron chi connectivity index (χ4n) is 2.63. The Balaban J connectivity index is 1.94. The SMILES string of the molecule is COc1ccc(NC2CCCN(C(C)(C)C)C2)cc1. The Morgan fingerprint density at radius 1 is 1.21 bits per heavy atom. The highest BCUT2D eigenvalue weighted by molar-refractivity contribution is 5.47. The van der Waals surface area contributed by atoms with Crippen LogP contribution in [0.4, 0.5) is 5.69 Å². The zero-order valence-electron chi connectivity index (χ0n) is 12.6. The van der Waals surface area contributed by atoms with Crippen LogP contribution in [0.15, 0.2) is 24.3 Å². The third-order valence-electron chi connectivity index (χ3n) is 3.83. The summed E-state index contributed by atoms with van der Waals surface area (Å²) in [5, 5.41) is 3.64. The first kappa shape index (κ1) is 14.2. The van der Waals surface area contributed by atoms with Gasteiger partial charge in [0.25, 0.3) is 0 Å². The van der Waals surface area contributed by atoms with Gasteiger partial charge in [-0.2, -0.15) is 0 Å². The molecule has 0 saturated carbocycles. The number of nitrogens with zero attached hydrogens (tertiary/aromatic N) is 1. The van der Waals surface area contributed by atoms with Crippen molar-refractivity contribution in [1.82, 2.24) is 4.90 Å². The molecule has 0 bridgehead atoms. The Morgan fingerprint density at radius 2 is 1.89 bits per heavy atom. The molecule has 1 aromatic rings. The van der Waals surface area contributed by atoms with E-state index in [4.69, 9.17) is 4.74 Å². The molecule has 1 aromatic carbocycles. The zero-order chi connectivity index (χ0) is 13.9. The van der Waals surface area contributed by atoms with Crippen LogP contribution in [0.3, 0.4) is 0 Å². The predicted octanol–water partition coefficient (Wildman–Crippen LogP) is 3.37. The van der Waals surface area contributed by atoms with E-state index in [0.29, 0.717) is 6.04 Å². The Hall–Kier alpha value is -1.22. The molecule has 1 fully saturated rings. The molecule has 1 saturated heterocycles. The van der Waals surface area contributed by atoms with Gasteiger partial charge in [0.2, 0.25) is 0 Å². The molecule has 1 unspecified atom stereocenters. The normalized spacial score (nSPS) is 21.2. The van der Waals surface area contributed by atoms with Crippen molar-refractivity contribution in [3.8, 4) is 5.75 Å². The number of benzene rings is 1. The molecule has 1 heterocycles. The standard InChI is InChI=1S/C16H26N2O/c1-16(2,3)18-11-5-6-14(12-18)17-13-7-9-15(19-4)10-8-13/h7-10,14,17H,5-6,11-12H2,1-4H3. The molecule has 1 aliphatic rings. The number of nitrogens with one attached hydrogen (secondary N) is 1. The van der Waals surface area contributed by atoms with E-state index in [1.165, 1.54) is 25.1 Å². The Morgan fingerprint density at radius 3 is 2.47 bits per heavy atom. The first-order chi connectivity index (χ1) is 8.99. The van der Waals surface area contributed by atoms with Gasteiger partial charge in [-0.05, 0) is 64.4 Å². The average Bonchev–Trinajstić information content (AvgIpc) is 2.39. The van der Waals surface area contributed by atoms with Crippen molar-refractivity contribution in [3.63, 3.8) is 0 Å². The van der Waals surface area contributed by atoms with E-state index in [1.807, 2.05) is 12.1 Å². The first-order valence-electron chi connectivity index (χ1n) is 7.14. The van der Waals surface area contributed by atoms with Crippen molar-refractivity contribution in [2.75, 3.05) is 25.5 Å². The summed E-state index contributed by atoms with van der Waals surface area (Å²) in [5.41, 5.74) is 1.45. The van der Waals surface area contributed by atoms with Gasteiger partial charge < -0.3 is 10.1 Å². The molecular formula is C16H26N2O. The van der Waals surface area contributed by atoms with Crippen LogP contribution in [0.5, 0.6) is 5.75 Å². The molecule has 0 spiro atoms. The van der Waals surface area contributed by atoms with E-state index >= 15 is 0 Å². The Labute approximate surface area is 116 Å². The number of anilines is 1. The third-order valence-corrected chi connectivity index (χ3v) is 3.83. The van der Waals surface area contributed by atoms with E-state index < -0.39 is 0 Å². The lowest BCUT2D eigenvalue weighted by Crippen LogP contribution is -2.50. The molecule has 0 aromatic heterocycles. The molecule has 3 nitrogen and oxygen atoms in total. The average molecular weight is 262 g/mol. The number of rotatable bonds is 3. The predicted molar refractivity (Wildman–Crippen MR) is 81.0 cm³/mol. The summed E-state index contributed by atoms with van der Waals surface area (Å²) in [6.07, 6.45) is 2.52. The lowest BCUT2D eigenvalue weighted by Gasteiger charge is -2.42. The van der Waals surface area contributed by atoms with Gasteiger partial charge >= 0.3 is 0 Å². The van der Waals surface area contributed by atoms with Crippen LogP contribution in [-0.4, -0.2) is 36.7 Å². The number of hydrogen-bond acceptors (Lipinski definition) is 3. The monoisotopic (exact) mass is 262 g/mol. The second kappa shape index (κ2) is 5.83. The van der Waals surface area contributed by atoms with Gasteiger partial charge in [-0.15, -0.1) is 0 Å². The fraction of sp³-hybridized carbons (Fsp3) is 0.625. The Bertz CT molecular complexity index is 394. The number of hydrogen-bond donors (Lipinski definition) is 1. The molecule has 1 aliphatic heterocycles. The summed E-state index contributed by atoms with van der Waals surface area (Å²) < 4.78 is 5.18. The van der Waals surface area contributed by atoms with Crippen molar-refractivity contribution >= 4 is 5.69 Å². The maximum Gasteiger partial charge on any atom is 0.119 e. The molecule has 0 aliphatic carbocycles. The van der Waals surface area contributed by atoms with E-state index in [0.717, 1.165) is 12.3 Å². The molecule has 0 amide bonds. The number of methoxy groups -OCH3 is 1. The molecular weight excluding hydrogens is 236 g/mol. The summed E-state index contributed by atoms with van der Waals surface area (Å²) in [7, 11) is 1.70. The van der Waals surface area contributed by atoms with Crippen LogP contribution in [0.2, 0.25) is 0 Å². The number of piperidine rings is 1. The van der Waals surface area contributed by atoms with Gasteiger partial charge in [-0.1, -0.05) is 0 Å². The molecule has 106 valence electrons. The van der Waals surface area contributed by atoms with E-state index in [-0.39, 0.29) is 5.54 Å². The van der Waals surface area contributed by atoms with Crippen LogP contribution in [0.1, 0.15) is 33.6 Å². The summed E-state index contributed by atoms with van der Waals surface area (Å²) in [6, 6.07) is 8.74. The first-order valence-corrected chi connectivity index (χ1v) is 7.14. The van der Waals surface area contributed by atoms with Gasteiger partial charge in [-0.3, -0.25) is 4.90 Å². The quantitative estimate of drug-likeness (QED) is 0.904. The van der Waals surface area contributed by atoms with Crippen LogP contribution in [0, 0.1) is 0 Å². The molecule has 1 atom stereocenters. The largest absolute Gasteiger partial charge is 0.497 e. The second-order valence-corrected chi connectivity index (χ2v) is 6.33. The summed E-state index contributed by atoms with van der Waals surface area (Å²) >= 11 is 0. The van der Waals surface area contributed by atoms with Crippen LogP contribution >= 0.6 is 0 Å². The van der Waals surface area contributed by atoms with E-state index in [1.54, 1.807) is 7.11 Å². The van der Waals surface area contributed by atoms with Gasteiger partial charge in [0, 0.05) is 23.8 Å². The van der Waals surface area contributed by atoms with E-state index in [2.05, 4.69) is 43.1 Å².